The topological polar surface area (TPSA) is 80.5 Å². The molecule has 0 saturated carbocycles. The zero-order valence-corrected chi connectivity index (χ0v) is 10.3. The second kappa shape index (κ2) is 4.12. The number of nitrogens with two attached hydrogens (primary N) is 1. The Morgan fingerprint density at radius 1 is 1.29 bits per heavy atom. The van der Waals surface area contributed by atoms with Crippen molar-refractivity contribution in [1.29, 1.82) is 0 Å². The van der Waals surface area contributed by atoms with Crippen LogP contribution in [0.3, 0.4) is 0 Å². The number of benzene rings is 1. The number of nitrogens with zero attached hydrogens (tertiary/aromatic N) is 1. The summed E-state index contributed by atoms with van der Waals surface area (Å²) in [5.74, 6) is -0.105. The molecular formula is C11H14N2O3S. The van der Waals surface area contributed by atoms with E-state index in [0.717, 1.165) is 6.26 Å². The first kappa shape index (κ1) is 12.1. The molecule has 0 bridgehead atoms. The number of carbonyl (C=O) groups excluding carboxylic acids is 1. The van der Waals surface area contributed by atoms with Crippen molar-refractivity contribution >= 4 is 15.7 Å². The molecule has 0 aromatic heterocycles. The highest BCUT2D eigenvalue weighted by Gasteiger charge is 2.28. The van der Waals surface area contributed by atoms with Crippen LogP contribution in [0.1, 0.15) is 10.4 Å². The molecule has 5 nitrogen and oxygen atoms in total. The largest absolute Gasteiger partial charge is 0.335 e. The van der Waals surface area contributed by atoms with Gasteiger partial charge in [-0.1, -0.05) is 0 Å². The Kier molecular flexibility index (Phi) is 2.92. The second-order valence-electron chi connectivity index (χ2n) is 4.27. The Morgan fingerprint density at radius 2 is 1.82 bits per heavy atom. The van der Waals surface area contributed by atoms with Gasteiger partial charge < -0.3 is 10.6 Å². The smallest absolute Gasteiger partial charge is 0.253 e. The Labute approximate surface area is 100 Å². The van der Waals surface area contributed by atoms with Crippen molar-refractivity contribution in [2.45, 2.75) is 10.9 Å². The van der Waals surface area contributed by atoms with Gasteiger partial charge in [0.2, 0.25) is 0 Å². The second-order valence-corrected chi connectivity index (χ2v) is 6.28. The quantitative estimate of drug-likeness (QED) is 0.797. The van der Waals surface area contributed by atoms with Crippen molar-refractivity contribution < 1.29 is 13.2 Å². The molecular weight excluding hydrogens is 240 g/mol. The van der Waals surface area contributed by atoms with Gasteiger partial charge in [0.15, 0.2) is 9.84 Å². The van der Waals surface area contributed by atoms with E-state index in [1.807, 2.05) is 0 Å². The summed E-state index contributed by atoms with van der Waals surface area (Å²) in [7, 11) is -3.21. The molecule has 1 saturated heterocycles. The Morgan fingerprint density at radius 3 is 2.24 bits per heavy atom. The van der Waals surface area contributed by atoms with E-state index in [9.17, 15) is 13.2 Å². The van der Waals surface area contributed by atoms with Crippen LogP contribution in [0.4, 0.5) is 0 Å². The molecule has 1 aliphatic heterocycles. The van der Waals surface area contributed by atoms with Crippen LogP contribution in [0.2, 0.25) is 0 Å². The molecule has 1 amide bonds. The molecule has 92 valence electrons. The molecule has 17 heavy (non-hydrogen) atoms. The van der Waals surface area contributed by atoms with Crippen LogP contribution >= 0.6 is 0 Å². The molecule has 6 heteroatoms. The number of rotatable bonds is 2. The molecule has 1 aromatic carbocycles. The first-order chi connectivity index (χ1) is 7.88. The van der Waals surface area contributed by atoms with Crippen LogP contribution in [0.25, 0.3) is 0 Å². The third-order valence-electron chi connectivity index (χ3n) is 2.73. The molecule has 0 aliphatic carbocycles. The van der Waals surface area contributed by atoms with Crippen LogP contribution < -0.4 is 5.73 Å². The number of hydrogen-bond acceptors (Lipinski definition) is 4. The van der Waals surface area contributed by atoms with Gasteiger partial charge in [0.05, 0.1) is 4.90 Å². The fourth-order valence-corrected chi connectivity index (χ4v) is 2.34. The number of amides is 1. The predicted molar refractivity (Wildman–Crippen MR) is 63.4 cm³/mol. The van der Waals surface area contributed by atoms with E-state index in [2.05, 4.69) is 0 Å². The SMILES string of the molecule is CS(=O)(=O)c1ccc(C(=O)N2CC(N)C2)cc1. The highest BCUT2D eigenvalue weighted by Crippen LogP contribution is 2.15. The summed E-state index contributed by atoms with van der Waals surface area (Å²) >= 11 is 0. The summed E-state index contributed by atoms with van der Waals surface area (Å²) < 4.78 is 22.5. The van der Waals surface area contributed by atoms with E-state index in [4.69, 9.17) is 5.73 Å². The molecule has 1 aliphatic rings. The Hall–Kier alpha value is -1.40. The summed E-state index contributed by atoms with van der Waals surface area (Å²) in [6, 6.07) is 6.02. The molecule has 0 spiro atoms. The van der Waals surface area contributed by atoms with Gasteiger partial charge >= 0.3 is 0 Å². The molecule has 0 unspecified atom stereocenters. The number of hydrogen-bond donors (Lipinski definition) is 1. The minimum atomic E-state index is -3.21. The van der Waals surface area contributed by atoms with Crippen LogP contribution in [0.15, 0.2) is 29.2 Å². The molecule has 2 N–H and O–H groups in total. The lowest BCUT2D eigenvalue weighted by molar-refractivity contribution is 0.0608. The van der Waals surface area contributed by atoms with E-state index in [0.29, 0.717) is 18.7 Å². The van der Waals surface area contributed by atoms with Gasteiger partial charge in [-0.3, -0.25) is 4.79 Å². The maximum atomic E-state index is 11.9. The molecule has 1 aromatic rings. The van der Waals surface area contributed by atoms with Crippen LogP contribution in [0, 0.1) is 0 Å². The fourth-order valence-electron chi connectivity index (χ4n) is 1.71. The van der Waals surface area contributed by atoms with Gasteiger partial charge in [0.1, 0.15) is 0 Å². The van der Waals surface area contributed by atoms with E-state index < -0.39 is 9.84 Å². The number of likely N-dealkylation sites (tertiary alicyclic amines) is 1. The van der Waals surface area contributed by atoms with Gasteiger partial charge in [-0.2, -0.15) is 0 Å². The van der Waals surface area contributed by atoms with E-state index in [-0.39, 0.29) is 16.8 Å². The lowest BCUT2D eigenvalue weighted by Gasteiger charge is -2.36. The van der Waals surface area contributed by atoms with E-state index >= 15 is 0 Å². The van der Waals surface area contributed by atoms with E-state index in [1.165, 1.54) is 24.3 Å². The molecule has 1 fully saturated rings. The summed E-state index contributed by atoms with van der Waals surface area (Å²) in [4.78, 5) is 13.7. The normalized spacial score (nSPS) is 16.7. The van der Waals surface area contributed by atoms with Crippen LogP contribution in [-0.2, 0) is 9.84 Å². The number of carbonyl (C=O) groups is 1. The zero-order chi connectivity index (χ0) is 12.6. The van der Waals surface area contributed by atoms with Crippen LogP contribution in [-0.4, -0.2) is 44.6 Å². The Bertz CT molecular complexity index is 530. The van der Waals surface area contributed by atoms with Crippen molar-refractivity contribution in [2.24, 2.45) is 5.73 Å². The summed E-state index contributed by atoms with van der Waals surface area (Å²) in [5.41, 5.74) is 6.08. The van der Waals surface area contributed by atoms with Crippen LogP contribution in [0.5, 0.6) is 0 Å². The predicted octanol–water partition coefficient (Wildman–Crippen LogP) is -0.127. The lowest BCUT2D eigenvalue weighted by Crippen LogP contribution is -2.57. The van der Waals surface area contributed by atoms with Crippen molar-refractivity contribution in [1.82, 2.24) is 4.90 Å². The lowest BCUT2D eigenvalue weighted by atomic mass is 10.1. The average Bonchev–Trinajstić information content (AvgIpc) is 2.23. The third-order valence-corrected chi connectivity index (χ3v) is 3.85. The Balaban J connectivity index is 2.16. The number of sulfone groups is 1. The van der Waals surface area contributed by atoms with Crippen molar-refractivity contribution in [2.75, 3.05) is 19.3 Å². The minimum absolute atomic E-state index is 0.0641. The van der Waals surface area contributed by atoms with Crippen molar-refractivity contribution in [3.05, 3.63) is 29.8 Å². The summed E-state index contributed by atoms with van der Waals surface area (Å²) in [6.07, 6.45) is 1.14. The van der Waals surface area contributed by atoms with Gasteiger partial charge in [0, 0.05) is 31.0 Å². The zero-order valence-electron chi connectivity index (χ0n) is 9.46. The van der Waals surface area contributed by atoms with E-state index in [1.54, 1.807) is 4.90 Å². The molecule has 0 atom stereocenters. The fraction of sp³-hybridized carbons (Fsp3) is 0.364. The highest BCUT2D eigenvalue weighted by molar-refractivity contribution is 7.90. The average molecular weight is 254 g/mol. The van der Waals surface area contributed by atoms with Gasteiger partial charge in [-0.25, -0.2) is 8.42 Å². The van der Waals surface area contributed by atoms with Gasteiger partial charge in [-0.05, 0) is 24.3 Å². The van der Waals surface area contributed by atoms with Crippen molar-refractivity contribution in [3.8, 4) is 0 Å². The maximum absolute atomic E-state index is 11.9. The first-order valence-electron chi connectivity index (χ1n) is 5.23. The highest BCUT2D eigenvalue weighted by atomic mass is 32.2. The van der Waals surface area contributed by atoms with Gasteiger partial charge in [-0.15, -0.1) is 0 Å². The third kappa shape index (κ3) is 2.48. The summed E-state index contributed by atoms with van der Waals surface area (Å²) in [5, 5.41) is 0. The minimum Gasteiger partial charge on any atom is -0.335 e. The first-order valence-corrected chi connectivity index (χ1v) is 7.12. The maximum Gasteiger partial charge on any atom is 0.253 e. The van der Waals surface area contributed by atoms with Crippen molar-refractivity contribution in [3.63, 3.8) is 0 Å². The van der Waals surface area contributed by atoms with Gasteiger partial charge in [0.25, 0.3) is 5.91 Å². The molecule has 0 radical (unpaired) electrons. The summed E-state index contributed by atoms with van der Waals surface area (Å²) in [6.45, 7) is 1.12. The standard InChI is InChI=1S/C11H14N2O3S/c1-17(15,16)10-4-2-8(3-5-10)11(14)13-6-9(12)7-13/h2-5,9H,6-7,12H2,1H3. The molecule has 1 heterocycles. The monoisotopic (exact) mass is 254 g/mol. The molecule has 2 rings (SSSR count).